The van der Waals surface area contributed by atoms with Crippen LogP contribution in [-0.2, 0) is 4.74 Å². The Hall–Kier alpha value is -3.22. The van der Waals surface area contributed by atoms with Crippen molar-refractivity contribution in [1.82, 2.24) is 0 Å². The van der Waals surface area contributed by atoms with Crippen LogP contribution in [0.4, 0.5) is 11.4 Å². The second-order valence-corrected chi connectivity index (χ2v) is 5.24. The van der Waals surface area contributed by atoms with E-state index in [0.717, 1.165) is 30.4 Å². The highest BCUT2D eigenvalue weighted by Gasteiger charge is 2.19. The summed E-state index contributed by atoms with van der Waals surface area (Å²) in [5.74, 6) is -1.29. The molecule has 0 saturated heterocycles. The maximum atomic E-state index is 12.5. The lowest BCUT2D eigenvalue weighted by atomic mass is 10.1. The van der Waals surface area contributed by atoms with E-state index in [9.17, 15) is 19.7 Å². The topological polar surface area (TPSA) is 98.5 Å². The largest absolute Gasteiger partial charge is 0.465 e. The smallest absolute Gasteiger partial charge is 0.338 e. The van der Waals surface area contributed by atoms with Crippen LogP contribution in [0.15, 0.2) is 36.4 Å². The normalized spacial score (nSPS) is 10.1. The number of anilines is 1. The van der Waals surface area contributed by atoms with Crippen molar-refractivity contribution in [3.8, 4) is 0 Å². The Morgan fingerprint density at radius 1 is 1.08 bits per heavy atom. The van der Waals surface area contributed by atoms with Crippen LogP contribution in [0.25, 0.3) is 0 Å². The number of ether oxygens (including phenoxy) is 1. The molecule has 0 bridgehead atoms. The molecule has 1 N–H and O–H groups in total. The number of carbonyl (C=O) groups excluding carboxylic acids is 2. The molecular weight excluding hydrogens is 312 g/mol. The van der Waals surface area contributed by atoms with Crippen LogP contribution in [0.2, 0.25) is 0 Å². The van der Waals surface area contributed by atoms with Crippen molar-refractivity contribution in [2.75, 3.05) is 12.4 Å². The summed E-state index contributed by atoms with van der Waals surface area (Å²) in [5.41, 5.74) is 1.95. The maximum Gasteiger partial charge on any atom is 0.338 e. The van der Waals surface area contributed by atoms with E-state index in [4.69, 9.17) is 0 Å². The number of methoxy groups -OCH3 is 1. The molecule has 0 aliphatic carbocycles. The van der Waals surface area contributed by atoms with Crippen LogP contribution in [-0.4, -0.2) is 23.9 Å². The Kier molecular flexibility index (Phi) is 4.93. The minimum Gasteiger partial charge on any atom is -0.465 e. The van der Waals surface area contributed by atoms with E-state index >= 15 is 0 Å². The summed E-state index contributed by atoms with van der Waals surface area (Å²) < 4.78 is 4.57. The number of para-hydroxylation sites is 1. The monoisotopic (exact) mass is 328 g/mol. The molecule has 7 nitrogen and oxygen atoms in total. The first-order valence-electron chi connectivity index (χ1n) is 7.09. The number of nitro groups is 1. The molecule has 0 fully saturated rings. The molecule has 0 heterocycles. The summed E-state index contributed by atoms with van der Waals surface area (Å²) in [4.78, 5) is 34.5. The molecule has 0 aromatic heterocycles. The van der Waals surface area contributed by atoms with E-state index in [-0.39, 0.29) is 16.8 Å². The van der Waals surface area contributed by atoms with Crippen LogP contribution < -0.4 is 5.32 Å². The predicted octanol–water partition coefficient (Wildman–Crippen LogP) is 3.25. The van der Waals surface area contributed by atoms with Crippen molar-refractivity contribution in [1.29, 1.82) is 0 Å². The van der Waals surface area contributed by atoms with E-state index in [0.29, 0.717) is 5.69 Å². The molecule has 2 aromatic carbocycles. The van der Waals surface area contributed by atoms with Crippen LogP contribution in [0, 0.1) is 24.0 Å². The Labute approximate surface area is 138 Å². The Morgan fingerprint density at radius 2 is 1.67 bits per heavy atom. The summed E-state index contributed by atoms with van der Waals surface area (Å²) in [5, 5.41) is 13.8. The molecule has 0 aliphatic rings. The van der Waals surface area contributed by atoms with Crippen LogP contribution in [0.1, 0.15) is 31.8 Å². The fraction of sp³-hybridized carbons (Fsp3) is 0.176. The van der Waals surface area contributed by atoms with Crippen LogP contribution in [0.3, 0.4) is 0 Å². The lowest BCUT2D eigenvalue weighted by molar-refractivity contribution is -0.384. The fourth-order valence-electron chi connectivity index (χ4n) is 2.28. The van der Waals surface area contributed by atoms with Gasteiger partial charge in [0.05, 0.1) is 17.6 Å². The number of nitrogens with one attached hydrogen (secondary N) is 1. The molecule has 0 saturated carbocycles. The van der Waals surface area contributed by atoms with Crippen molar-refractivity contribution >= 4 is 23.3 Å². The first kappa shape index (κ1) is 17.1. The van der Waals surface area contributed by atoms with Crippen molar-refractivity contribution in [3.05, 3.63) is 68.8 Å². The SMILES string of the molecule is COC(=O)c1cc(C(=O)Nc2c(C)cccc2C)cc([N+](=O)[O-])c1. The van der Waals surface area contributed by atoms with Gasteiger partial charge in [-0.1, -0.05) is 18.2 Å². The van der Waals surface area contributed by atoms with Crippen molar-refractivity contribution in [3.63, 3.8) is 0 Å². The number of non-ortho nitro benzene ring substituents is 1. The van der Waals surface area contributed by atoms with Gasteiger partial charge < -0.3 is 10.1 Å². The van der Waals surface area contributed by atoms with Gasteiger partial charge in [-0.05, 0) is 31.0 Å². The zero-order chi connectivity index (χ0) is 17.9. The molecule has 24 heavy (non-hydrogen) atoms. The number of carbonyl (C=O) groups is 2. The molecule has 0 radical (unpaired) electrons. The molecule has 0 unspecified atom stereocenters. The number of amides is 1. The van der Waals surface area contributed by atoms with Crippen LogP contribution in [0.5, 0.6) is 0 Å². The molecule has 2 aromatic rings. The van der Waals surface area contributed by atoms with E-state index < -0.39 is 16.8 Å². The molecule has 124 valence electrons. The molecule has 0 atom stereocenters. The van der Waals surface area contributed by atoms with E-state index in [2.05, 4.69) is 10.1 Å². The summed E-state index contributed by atoms with van der Waals surface area (Å²) in [6, 6.07) is 9.01. The van der Waals surface area contributed by atoms with Crippen molar-refractivity contribution < 1.29 is 19.2 Å². The van der Waals surface area contributed by atoms with Gasteiger partial charge in [0.25, 0.3) is 11.6 Å². The highest BCUT2D eigenvalue weighted by atomic mass is 16.6. The van der Waals surface area contributed by atoms with Gasteiger partial charge in [-0.3, -0.25) is 14.9 Å². The summed E-state index contributed by atoms with van der Waals surface area (Å²) in [6.45, 7) is 3.69. The molecule has 1 amide bonds. The van der Waals surface area contributed by atoms with Gasteiger partial charge in [0.15, 0.2) is 0 Å². The highest BCUT2D eigenvalue weighted by molar-refractivity contribution is 6.07. The maximum absolute atomic E-state index is 12.5. The fourth-order valence-corrected chi connectivity index (χ4v) is 2.28. The number of rotatable bonds is 4. The number of hydrogen-bond donors (Lipinski definition) is 1. The summed E-state index contributed by atoms with van der Waals surface area (Å²) in [6.07, 6.45) is 0. The molecule has 0 spiro atoms. The minimum atomic E-state index is -0.750. The third-order valence-electron chi connectivity index (χ3n) is 3.53. The first-order chi connectivity index (χ1) is 11.3. The van der Waals surface area contributed by atoms with E-state index in [1.165, 1.54) is 6.07 Å². The summed E-state index contributed by atoms with van der Waals surface area (Å²) >= 11 is 0. The lowest BCUT2D eigenvalue weighted by Crippen LogP contribution is -2.15. The third-order valence-corrected chi connectivity index (χ3v) is 3.53. The quantitative estimate of drug-likeness (QED) is 0.527. The zero-order valence-electron chi connectivity index (χ0n) is 13.5. The molecule has 2 rings (SSSR count). The van der Waals surface area contributed by atoms with Gasteiger partial charge in [0.1, 0.15) is 0 Å². The number of aryl methyl sites for hydroxylation is 2. The molecular formula is C17H16N2O5. The zero-order valence-corrected chi connectivity index (χ0v) is 13.5. The Balaban J connectivity index is 2.43. The van der Waals surface area contributed by atoms with E-state index in [1.54, 1.807) is 0 Å². The lowest BCUT2D eigenvalue weighted by Gasteiger charge is -2.12. The number of nitro benzene ring substituents is 1. The van der Waals surface area contributed by atoms with Crippen molar-refractivity contribution in [2.45, 2.75) is 13.8 Å². The van der Waals surface area contributed by atoms with Gasteiger partial charge in [-0.25, -0.2) is 4.79 Å². The van der Waals surface area contributed by atoms with Gasteiger partial charge in [-0.2, -0.15) is 0 Å². The molecule has 0 aliphatic heterocycles. The first-order valence-corrected chi connectivity index (χ1v) is 7.09. The second kappa shape index (κ2) is 6.91. The van der Waals surface area contributed by atoms with Crippen LogP contribution >= 0.6 is 0 Å². The number of esters is 1. The van der Waals surface area contributed by atoms with Gasteiger partial charge in [0.2, 0.25) is 0 Å². The average molecular weight is 328 g/mol. The highest BCUT2D eigenvalue weighted by Crippen LogP contribution is 2.22. The average Bonchev–Trinajstić information content (AvgIpc) is 2.56. The Bertz CT molecular complexity index is 809. The van der Waals surface area contributed by atoms with Gasteiger partial charge in [0, 0.05) is 23.4 Å². The standard InChI is InChI=1S/C17H16N2O5/c1-10-5-4-6-11(2)15(10)18-16(20)12-7-13(17(21)24-3)9-14(8-12)19(22)23/h4-9H,1-3H3,(H,18,20). The number of nitrogens with zero attached hydrogens (tertiary/aromatic N) is 1. The molecule has 7 heteroatoms. The number of hydrogen-bond acceptors (Lipinski definition) is 5. The summed E-state index contributed by atoms with van der Waals surface area (Å²) in [7, 11) is 1.16. The Morgan fingerprint density at radius 3 is 2.21 bits per heavy atom. The third kappa shape index (κ3) is 3.57. The second-order valence-electron chi connectivity index (χ2n) is 5.24. The van der Waals surface area contributed by atoms with Gasteiger partial charge >= 0.3 is 5.97 Å². The minimum absolute atomic E-state index is 0.00672. The number of benzene rings is 2. The van der Waals surface area contributed by atoms with E-state index in [1.807, 2.05) is 32.0 Å². The van der Waals surface area contributed by atoms with Crippen molar-refractivity contribution in [2.24, 2.45) is 0 Å². The van der Waals surface area contributed by atoms with Gasteiger partial charge in [-0.15, -0.1) is 0 Å². The predicted molar refractivity (Wildman–Crippen MR) is 88.3 cm³/mol.